The Labute approximate surface area is 166 Å². The highest BCUT2D eigenvalue weighted by Crippen LogP contribution is 2.58. The molecule has 27 heavy (non-hydrogen) atoms. The van der Waals surface area contributed by atoms with Crippen LogP contribution < -0.4 is 0 Å². The molecule has 0 aromatic rings. The summed E-state index contributed by atoms with van der Waals surface area (Å²) in [6.07, 6.45) is 5.84. The van der Waals surface area contributed by atoms with Crippen molar-refractivity contribution in [2.75, 3.05) is 7.11 Å². The summed E-state index contributed by atoms with van der Waals surface area (Å²) < 4.78 is 12.1. The number of carbonyl (C=O) groups excluding carboxylic acids is 1. The minimum Gasteiger partial charge on any atom is -0.466 e. The molecule has 1 fully saturated rings. The molecule has 1 N–H and O–H groups in total. The Balaban J connectivity index is 2.39. The van der Waals surface area contributed by atoms with Crippen molar-refractivity contribution in [3.05, 3.63) is 11.6 Å². The number of allylic oxidation sites excluding steroid dienone is 1. The summed E-state index contributed by atoms with van der Waals surface area (Å²) in [5.41, 5.74) is 1.23. The smallest absolute Gasteiger partial charge is 0.333 e. The van der Waals surface area contributed by atoms with Crippen LogP contribution in [0.2, 0.25) is 16.6 Å². The van der Waals surface area contributed by atoms with E-state index in [0.717, 1.165) is 24.8 Å². The lowest BCUT2D eigenvalue weighted by atomic mass is 9.65. The van der Waals surface area contributed by atoms with Crippen LogP contribution in [-0.2, 0) is 14.0 Å². The molecule has 0 radical (unpaired) electrons. The van der Waals surface area contributed by atoms with Gasteiger partial charge in [0.1, 0.15) is 0 Å². The molecule has 5 heteroatoms. The van der Waals surface area contributed by atoms with Gasteiger partial charge >= 0.3 is 5.97 Å². The van der Waals surface area contributed by atoms with E-state index in [1.807, 2.05) is 13.0 Å². The maximum Gasteiger partial charge on any atom is 0.333 e. The molecule has 1 saturated carbocycles. The Morgan fingerprint density at radius 1 is 1.15 bits per heavy atom. The highest BCUT2D eigenvalue weighted by molar-refractivity contribution is 6.77. The van der Waals surface area contributed by atoms with Crippen LogP contribution in [0, 0.1) is 5.41 Å². The zero-order valence-electron chi connectivity index (χ0n) is 18.6. The number of hydrogen-bond donors (Lipinski definition) is 1. The Bertz CT molecular complexity index is 557. The quantitative estimate of drug-likeness (QED) is 0.485. The van der Waals surface area contributed by atoms with E-state index in [0.29, 0.717) is 29.5 Å². The minimum atomic E-state index is -2.03. The fraction of sp³-hybridized carbons (Fsp3) is 0.864. The van der Waals surface area contributed by atoms with Crippen molar-refractivity contribution in [1.29, 1.82) is 0 Å². The van der Waals surface area contributed by atoms with Gasteiger partial charge in [-0.2, -0.15) is 0 Å². The van der Waals surface area contributed by atoms with Crippen LogP contribution in [0.4, 0.5) is 0 Å². The summed E-state index contributed by atoms with van der Waals surface area (Å²) >= 11 is 0. The Hall–Kier alpha value is -0.653. The van der Waals surface area contributed by atoms with Gasteiger partial charge in [0.2, 0.25) is 8.32 Å². The first-order valence-corrected chi connectivity index (χ1v) is 12.8. The lowest BCUT2D eigenvalue weighted by Gasteiger charge is -2.51. The molecule has 0 aromatic heterocycles. The zero-order valence-corrected chi connectivity index (χ0v) is 19.6. The van der Waals surface area contributed by atoms with Gasteiger partial charge in [0.25, 0.3) is 0 Å². The molecule has 4 nitrogen and oxygen atoms in total. The Morgan fingerprint density at radius 2 is 1.70 bits per heavy atom. The third-order valence-electron chi connectivity index (χ3n) is 7.64. The van der Waals surface area contributed by atoms with E-state index in [1.54, 1.807) is 0 Å². The van der Waals surface area contributed by atoms with Gasteiger partial charge in [0, 0.05) is 11.0 Å². The van der Waals surface area contributed by atoms with Crippen molar-refractivity contribution in [2.24, 2.45) is 5.41 Å². The largest absolute Gasteiger partial charge is 0.466 e. The highest BCUT2D eigenvalue weighted by Gasteiger charge is 2.60. The molecule has 2 rings (SSSR count). The molecule has 156 valence electrons. The van der Waals surface area contributed by atoms with E-state index in [-0.39, 0.29) is 17.5 Å². The molecule has 1 spiro atoms. The van der Waals surface area contributed by atoms with Crippen LogP contribution in [0.25, 0.3) is 0 Å². The molecule has 0 aliphatic heterocycles. The molecule has 0 heterocycles. The Morgan fingerprint density at radius 3 is 2.11 bits per heavy atom. The van der Waals surface area contributed by atoms with E-state index < -0.39 is 13.9 Å². The van der Waals surface area contributed by atoms with Gasteiger partial charge in [-0.05, 0) is 55.7 Å². The second kappa shape index (κ2) is 8.00. The zero-order chi connectivity index (χ0) is 20.6. The highest BCUT2D eigenvalue weighted by atomic mass is 28.4. The molecule has 0 saturated heterocycles. The Kier molecular flexibility index (Phi) is 6.70. The van der Waals surface area contributed by atoms with E-state index >= 15 is 0 Å². The number of rotatable bonds is 6. The SMILES string of the molecule is COC(=O)C1=CC[C@]2(CC1)[C@H](O[Si](C(C)C)(C(C)C)C(C)C)CC[C@@]2(C)O. The molecule has 0 amide bonds. The second-order valence-corrected chi connectivity index (χ2v) is 15.2. The molecule has 0 bridgehead atoms. The molecule has 0 unspecified atom stereocenters. The normalized spacial score (nSPS) is 31.9. The fourth-order valence-electron chi connectivity index (χ4n) is 6.08. The van der Waals surface area contributed by atoms with Crippen LogP contribution in [-0.4, -0.2) is 38.2 Å². The van der Waals surface area contributed by atoms with Crippen LogP contribution >= 0.6 is 0 Å². The van der Waals surface area contributed by atoms with Gasteiger partial charge < -0.3 is 14.3 Å². The third-order valence-corrected chi connectivity index (χ3v) is 13.7. The number of hydrogen-bond acceptors (Lipinski definition) is 4. The topological polar surface area (TPSA) is 55.8 Å². The lowest BCUT2D eigenvalue weighted by Crippen LogP contribution is -2.56. The van der Waals surface area contributed by atoms with Crippen molar-refractivity contribution in [3.63, 3.8) is 0 Å². The fourth-order valence-corrected chi connectivity index (χ4v) is 11.7. The minimum absolute atomic E-state index is 0.0572. The first kappa shape index (κ1) is 22.6. The predicted molar refractivity (Wildman–Crippen MR) is 112 cm³/mol. The average Bonchev–Trinajstić information content (AvgIpc) is 2.82. The van der Waals surface area contributed by atoms with Crippen molar-refractivity contribution >= 4 is 14.3 Å². The monoisotopic (exact) mass is 396 g/mol. The number of ether oxygens (including phenoxy) is 1. The number of aliphatic hydroxyl groups is 1. The van der Waals surface area contributed by atoms with E-state index in [4.69, 9.17) is 9.16 Å². The van der Waals surface area contributed by atoms with Crippen LogP contribution in [0.5, 0.6) is 0 Å². The summed E-state index contributed by atoms with van der Waals surface area (Å²) in [4.78, 5) is 11.9. The first-order valence-electron chi connectivity index (χ1n) is 10.6. The van der Waals surface area contributed by atoms with Crippen LogP contribution in [0.3, 0.4) is 0 Å². The second-order valence-electron chi connectivity index (χ2n) is 9.82. The van der Waals surface area contributed by atoms with Crippen molar-refractivity contribution in [3.8, 4) is 0 Å². The van der Waals surface area contributed by atoms with Gasteiger partial charge in [-0.3, -0.25) is 0 Å². The van der Waals surface area contributed by atoms with E-state index in [9.17, 15) is 9.90 Å². The van der Waals surface area contributed by atoms with E-state index in [2.05, 4.69) is 41.5 Å². The molecule has 0 aromatic carbocycles. The maximum atomic E-state index is 11.9. The lowest BCUT2D eigenvalue weighted by molar-refractivity contribution is -0.137. The van der Waals surface area contributed by atoms with Gasteiger partial charge in [-0.25, -0.2) is 4.79 Å². The van der Waals surface area contributed by atoms with Gasteiger partial charge in [0.05, 0.1) is 18.8 Å². The van der Waals surface area contributed by atoms with Gasteiger partial charge in [-0.15, -0.1) is 0 Å². The van der Waals surface area contributed by atoms with E-state index in [1.165, 1.54) is 7.11 Å². The van der Waals surface area contributed by atoms with Crippen LogP contribution in [0.1, 0.15) is 80.6 Å². The van der Waals surface area contributed by atoms with Crippen molar-refractivity contribution in [2.45, 2.75) is 109 Å². The summed E-state index contributed by atoms with van der Waals surface area (Å²) in [7, 11) is -0.605. The summed E-state index contributed by atoms with van der Waals surface area (Å²) in [6.45, 7) is 15.8. The summed E-state index contributed by atoms with van der Waals surface area (Å²) in [5.74, 6) is -0.241. The van der Waals surface area contributed by atoms with Crippen molar-refractivity contribution < 1.29 is 19.1 Å². The summed E-state index contributed by atoms with van der Waals surface area (Å²) in [5, 5.41) is 11.3. The average molecular weight is 397 g/mol. The van der Waals surface area contributed by atoms with Crippen molar-refractivity contribution in [1.82, 2.24) is 0 Å². The third kappa shape index (κ3) is 3.67. The number of esters is 1. The maximum absolute atomic E-state index is 11.9. The number of carbonyl (C=O) groups is 1. The number of methoxy groups -OCH3 is 1. The standard InChI is InChI=1S/C22H40O4Si/c1-15(2)27(16(3)4,17(5)6)26-19-11-12-21(7,24)22(19)13-9-18(10-14-22)20(23)25-8/h9,15-17,19,24H,10-14H2,1-8H3/t19-,21-,22+/m1/s1. The first-order chi connectivity index (χ1) is 12.4. The molecule has 2 aliphatic carbocycles. The van der Waals surface area contributed by atoms with Gasteiger partial charge in [0.15, 0.2) is 0 Å². The molecular formula is C22H40O4Si. The van der Waals surface area contributed by atoms with Gasteiger partial charge in [-0.1, -0.05) is 47.6 Å². The van der Waals surface area contributed by atoms with Crippen LogP contribution in [0.15, 0.2) is 11.6 Å². The molecule has 2 aliphatic rings. The predicted octanol–water partition coefficient (Wildman–Crippen LogP) is 5.36. The summed E-state index contributed by atoms with van der Waals surface area (Å²) in [6, 6.07) is 0. The molecule has 3 atom stereocenters. The molecular weight excluding hydrogens is 356 g/mol.